The van der Waals surface area contributed by atoms with Crippen molar-refractivity contribution in [3.63, 3.8) is 0 Å². The summed E-state index contributed by atoms with van der Waals surface area (Å²) in [7, 11) is 3.61. The van der Waals surface area contributed by atoms with Gasteiger partial charge in [0, 0.05) is 45.1 Å². The van der Waals surface area contributed by atoms with Gasteiger partial charge in [-0.25, -0.2) is 13.6 Å². The second kappa shape index (κ2) is 9.13. The molecule has 1 atom stereocenters. The van der Waals surface area contributed by atoms with Gasteiger partial charge in [0.2, 0.25) is 0 Å². The summed E-state index contributed by atoms with van der Waals surface area (Å²) in [5.41, 5.74) is 0.138. The lowest BCUT2D eigenvalue weighted by Gasteiger charge is -2.24. The minimum atomic E-state index is -0.662. The minimum absolute atomic E-state index is 0.0200. The number of anilines is 2. The summed E-state index contributed by atoms with van der Waals surface area (Å²) in [6.45, 7) is 1.74. The Hall–Kier alpha value is -1.81. The number of cyclic esters (lactones) is 1. The van der Waals surface area contributed by atoms with Crippen LogP contribution in [-0.4, -0.2) is 74.0 Å². The first kappa shape index (κ1) is 20.9. The Morgan fingerprint density at radius 1 is 1.32 bits per heavy atom. The number of thioether (sulfide) groups is 1. The molecule has 0 radical (unpaired) electrons. The fourth-order valence-corrected chi connectivity index (χ4v) is 4.15. The molecule has 1 N–H and O–H groups in total. The Balaban J connectivity index is 1.71. The van der Waals surface area contributed by atoms with Crippen LogP contribution >= 0.6 is 24.0 Å². The third kappa shape index (κ3) is 4.78. The van der Waals surface area contributed by atoms with Crippen molar-refractivity contribution in [1.82, 2.24) is 10.2 Å². The highest BCUT2D eigenvalue weighted by Crippen LogP contribution is 2.32. The molecule has 28 heavy (non-hydrogen) atoms. The zero-order valence-electron chi connectivity index (χ0n) is 15.9. The maximum atomic E-state index is 14.7. The van der Waals surface area contributed by atoms with Crippen molar-refractivity contribution >= 4 is 46.6 Å². The Bertz CT molecular complexity index is 719. The predicted octanol–water partition coefficient (Wildman–Crippen LogP) is 2.67. The van der Waals surface area contributed by atoms with Crippen LogP contribution in [0, 0.1) is 11.6 Å². The fraction of sp³-hybridized carbons (Fsp3) is 0.556. The molecule has 1 amide bonds. The van der Waals surface area contributed by atoms with Gasteiger partial charge < -0.3 is 19.9 Å². The smallest absolute Gasteiger partial charge is 0.414 e. The molecule has 3 rings (SSSR count). The predicted molar refractivity (Wildman–Crippen MR) is 112 cm³/mol. The summed E-state index contributed by atoms with van der Waals surface area (Å²) in [5.74, 6) is 0.502. The minimum Gasteiger partial charge on any atom is -0.442 e. The van der Waals surface area contributed by atoms with Crippen LogP contribution in [0.15, 0.2) is 12.1 Å². The van der Waals surface area contributed by atoms with E-state index in [0.717, 1.165) is 17.9 Å². The van der Waals surface area contributed by atoms with E-state index >= 15 is 0 Å². The zero-order valence-corrected chi connectivity index (χ0v) is 17.5. The number of nitrogens with one attached hydrogen (secondary N) is 1. The van der Waals surface area contributed by atoms with Gasteiger partial charge in [-0.05, 0) is 24.4 Å². The van der Waals surface area contributed by atoms with Gasteiger partial charge in [-0.1, -0.05) is 0 Å². The van der Waals surface area contributed by atoms with Gasteiger partial charge >= 0.3 is 6.09 Å². The van der Waals surface area contributed by atoms with Gasteiger partial charge in [0.15, 0.2) is 16.7 Å². The molecule has 0 aromatic heterocycles. The molecule has 1 aromatic carbocycles. The molecule has 1 aromatic rings. The molecule has 2 aliphatic heterocycles. The third-order valence-corrected chi connectivity index (χ3v) is 6.17. The van der Waals surface area contributed by atoms with Crippen LogP contribution in [0.1, 0.15) is 6.42 Å². The van der Waals surface area contributed by atoms with Crippen LogP contribution in [-0.2, 0) is 4.74 Å². The molecule has 2 heterocycles. The van der Waals surface area contributed by atoms with Crippen LogP contribution < -0.4 is 15.1 Å². The van der Waals surface area contributed by atoms with E-state index in [1.54, 1.807) is 35.7 Å². The normalized spacial score (nSPS) is 20.0. The number of carbonyl (C=O) groups excluding carboxylic acids is 1. The van der Waals surface area contributed by atoms with E-state index in [4.69, 9.17) is 17.0 Å². The van der Waals surface area contributed by atoms with Gasteiger partial charge in [-0.2, -0.15) is 11.8 Å². The van der Waals surface area contributed by atoms with Crippen molar-refractivity contribution in [2.45, 2.75) is 12.5 Å². The molecule has 0 saturated carbocycles. The second-order valence-corrected chi connectivity index (χ2v) is 8.52. The van der Waals surface area contributed by atoms with Crippen molar-refractivity contribution < 1.29 is 18.3 Å². The van der Waals surface area contributed by atoms with Crippen molar-refractivity contribution in [2.24, 2.45) is 0 Å². The zero-order chi connectivity index (χ0) is 20.3. The molecule has 2 fully saturated rings. The first-order chi connectivity index (χ1) is 13.4. The van der Waals surface area contributed by atoms with Gasteiger partial charge in [-0.3, -0.25) is 4.90 Å². The summed E-state index contributed by atoms with van der Waals surface area (Å²) < 4.78 is 34.8. The van der Waals surface area contributed by atoms with E-state index in [9.17, 15) is 13.6 Å². The SMILES string of the molecule is CN(C)C(=S)NCC1CN(c2cc(F)c(N3CCCSCC3)c(F)c2)C(=O)O1. The number of hydrogen-bond donors (Lipinski definition) is 1. The molecule has 154 valence electrons. The molecule has 2 aliphatic rings. The number of halogens is 2. The van der Waals surface area contributed by atoms with E-state index < -0.39 is 23.8 Å². The van der Waals surface area contributed by atoms with Crippen LogP contribution in [0.25, 0.3) is 0 Å². The molecule has 1 unspecified atom stereocenters. The summed E-state index contributed by atoms with van der Waals surface area (Å²) in [5, 5.41) is 3.51. The van der Waals surface area contributed by atoms with Crippen molar-refractivity contribution in [3.8, 4) is 0 Å². The van der Waals surface area contributed by atoms with Crippen molar-refractivity contribution in [1.29, 1.82) is 0 Å². The van der Waals surface area contributed by atoms with Crippen molar-refractivity contribution in [2.75, 3.05) is 61.6 Å². The quantitative estimate of drug-likeness (QED) is 0.737. The van der Waals surface area contributed by atoms with Crippen LogP contribution in [0.4, 0.5) is 25.0 Å². The Morgan fingerprint density at radius 3 is 2.71 bits per heavy atom. The number of hydrogen-bond acceptors (Lipinski definition) is 5. The van der Waals surface area contributed by atoms with E-state index in [1.165, 1.54) is 17.0 Å². The fourth-order valence-electron chi connectivity index (χ4n) is 3.18. The van der Waals surface area contributed by atoms with E-state index in [2.05, 4.69) is 5.32 Å². The second-order valence-electron chi connectivity index (χ2n) is 6.91. The average molecular weight is 431 g/mol. The molecule has 6 nitrogen and oxygen atoms in total. The number of benzene rings is 1. The highest BCUT2D eigenvalue weighted by molar-refractivity contribution is 7.99. The average Bonchev–Trinajstić information content (AvgIpc) is 2.83. The summed E-state index contributed by atoms with van der Waals surface area (Å²) in [6.07, 6.45) is -0.202. The van der Waals surface area contributed by atoms with Crippen LogP contribution in [0.2, 0.25) is 0 Å². The summed E-state index contributed by atoms with van der Waals surface area (Å²) in [6, 6.07) is 2.41. The lowest BCUT2D eigenvalue weighted by molar-refractivity contribution is 0.142. The highest BCUT2D eigenvalue weighted by Gasteiger charge is 2.33. The lowest BCUT2D eigenvalue weighted by atomic mass is 10.2. The number of ether oxygens (including phenoxy) is 1. The number of nitrogens with zero attached hydrogens (tertiary/aromatic N) is 3. The van der Waals surface area contributed by atoms with E-state index in [-0.39, 0.29) is 17.9 Å². The number of rotatable bonds is 4. The molecular weight excluding hydrogens is 406 g/mol. The third-order valence-electron chi connectivity index (χ3n) is 4.61. The van der Waals surface area contributed by atoms with E-state index in [0.29, 0.717) is 24.7 Å². The standard InChI is InChI=1S/C18H24F2N4O2S2/c1-22(2)17(27)21-10-13-11-24(18(25)26-13)12-8-14(19)16(15(20)9-12)23-4-3-6-28-7-5-23/h8-9,13H,3-7,10-11H2,1-2H3,(H,21,27). The highest BCUT2D eigenvalue weighted by atomic mass is 32.2. The number of amides is 1. The first-order valence-corrected chi connectivity index (χ1v) is 10.7. The number of thiocarbonyl (C=S) groups is 1. The maximum absolute atomic E-state index is 14.7. The summed E-state index contributed by atoms with van der Waals surface area (Å²) in [4.78, 5) is 16.9. The van der Waals surface area contributed by atoms with Gasteiger partial charge in [0.1, 0.15) is 11.8 Å². The molecule has 2 saturated heterocycles. The van der Waals surface area contributed by atoms with Gasteiger partial charge in [0.05, 0.1) is 18.8 Å². The molecule has 0 bridgehead atoms. The molecule has 0 aliphatic carbocycles. The molecule has 0 spiro atoms. The van der Waals surface area contributed by atoms with Crippen LogP contribution in [0.3, 0.4) is 0 Å². The number of carbonyl (C=O) groups is 1. The Labute approximate surface area is 173 Å². The molecule has 10 heteroatoms. The maximum Gasteiger partial charge on any atom is 0.414 e. The van der Waals surface area contributed by atoms with Crippen molar-refractivity contribution in [3.05, 3.63) is 23.8 Å². The summed E-state index contributed by atoms with van der Waals surface area (Å²) >= 11 is 6.92. The van der Waals surface area contributed by atoms with Gasteiger partial charge in [0.25, 0.3) is 0 Å². The molecular formula is C18H24F2N4O2S2. The Kier molecular flexibility index (Phi) is 6.82. The van der Waals surface area contributed by atoms with E-state index in [1.807, 2.05) is 0 Å². The van der Waals surface area contributed by atoms with Crippen LogP contribution in [0.5, 0.6) is 0 Å². The lowest BCUT2D eigenvalue weighted by Crippen LogP contribution is -2.40. The van der Waals surface area contributed by atoms with Gasteiger partial charge in [-0.15, -0.1) is 0 Å². The Morgan fingerprint density at radius 2 is 2.04 bits per heavy atom. The first-order valence-electron chi connectivity index (χ1n) is 9.12. The monoisotopic (exact) mass is 430 g/mol. The largest absolute Gasteiger partial charge is 0.442 e. The topological polar surface area (TPSA) is 48.0 Å².